The first kappa shape index (κ1) is 28.2. The Morgan fingerprint density at radius 2 is 0.714 bits per heavy atom. The van der Waals surface area contributed by atoms with E-state index in [1.165, 1.54) is 146 Å². The molecule has 0 aromatic rings. The maximum absolute atomic E-state index is 3.68. The highest BCUT2D eigenvalue weighted by atomic mass is 28.1. The second-order valence-electron chi connectivity index (χ2n) is 9.55. The van der Waals surface area contributed by atoms with Gasteiger partial charge in [-0.15, -0.1) is 0 Å². The van der Waals surface area contributed by atoms with Crippen molar-refractivity contribution in [3.8, 4) is 0 Å². The lowest BCUT2D eigenvalue weighted by molar-refractivity contribution is -0.910. The van der Waals surface area contributed by atoms with Gasteiger partial charge >= 0.3 is 0 Å². The lowest BCUT2D eigenvalue weighted by Crippen LogP contribution is -2.46. The third-order valence-electron chi connectivity index (χ3n) is 6.48. The predicted molar refractivity (Wildman–Crippen MR) is 130 cm³/mol. The molecule has 3 radical (unpaired) electrons. The highest BCUT2D eigenvalue weighted by Gasteiger charge is 2.19. The van der Waals surface area contributed by atoms with Gasteiger partial charge in [-0.25, -0.2) is 0 Å². The van der Waals surface area contributed by atoms with E-state index in [4.69, 9.17) is 0 Å². The van der Waals surface area contributed by atoms with Crippen LogP contribution in [0.5, 0.6) is 0 Å². The van der Waals surface area contributed by atoms with Gasteiger partial charge in [0.2, 0.25) is 0 Å². The van der Waals surface area contributed by atoms with Gasteiger partial charge in [-0.2, -0.15) is 0 Å². The highest BCUT2D eigenvalue weighted by molar-refractivity contribution is 6.08. The fourth-order valence-corrected chi connectivity index (χ4v) is 4.56. The van der Waals surface area contributed by atoms with Crippen LogP contribution in [0.15, 0.2) is 0 Å². The van der Waals surface area contributed by atoms with Crippen LogP contribution in [0.25, 0.3) is 0 Å². The third-order valence-corrected chi connectivity index (χ3v) is 6.83. The van der Waals surface area contributed by atoms with Crippen LogP contribution >= 0.6 is 0 Å². The van der Waals surface area contributed by atoms with E-state index in [1.807, 2.05) is 0 Å². The van der Waals surface area contributed by atoms with Crippen molar-refractivity contribution in [3.63, 3.8) is 0 Å². The molecule has 28 heavy (non-hydrogen) atoms. The molecule has 0 N–H and O–H groups in total. The molecule has 0 heterocycles. The molecule has 0 aromatic carbocycles. The summed E-state index contributed by atoms with van der Waals surface area (Å²) in [4.78, 5) is 0. The fourth-order valence-electron chi connectivity index (χ4n) is 4.40. The molecule has 0 amide bonds. The SMILES string of the molecule is CCCCCCCCCCCCCCCC[N+](C)(CCC[Si])CCCCCC. The second kappa shape index (κ2) is 21.9. The van der Waals surface area contributed by atoms with Crippen LogP contribution in [-0.4, -0.2) is 41.4 Å². The molecule has 0 rings (SSSR count). The monoisotopic (exact) mass is 409 g/mol. The molecule has 1 unspecified atom stereocenters. The van der Waals surface area contributed by atoms with Gasteiger partial charge in [-0.05, 0) is 32.1 Å². The van der Waals surface area contributed by atoms with Crippen molar-refractivity contribution in [2.24, 2.45) is 0 Å². The lowest BCUT2D eigenvalue weighted by atomic mass is 10.0. The smallest absolute Gasteiger partial charge is 0.0784 e. The van der Waals surface area contributed by atoms with E-state index in [1.54, 1.807) is 0 Å². The van der Waals surface area contributed by atoms with E-state index in [2.05, 4.69) is 31.1 Å². The van der Waals surface area contributed by atoms with Crippen LogP contribution < -0.4 is 0 Å². The summed E-state index contributed by atoms with van der Waals surface area (Å²) in [6.45, 7) is 8.76. The quantitative estimate of drug-likeness (QED) is 0.0901. The number of hydrogen-bond donors (Lipinski definition) is 0. The molecule has 0 aliphatic heterocycles. The summed E-state index contributed by atoms with van der Waals surface area (Å²) < 4.78 is 1.31. The average Bonchev–Trinajstić information content (AvgIpc) is 2.70. The van der Waals surface area contributed by atoms with E-state index >= 15 is 0 Å². The standard InChI is InChI=1S/C26H55NSi/c1-4-6-8-10-11-12-13-14-15-16-17-18-19-21-24-27(3,25-22-26-28)23-20-9-7-5-2/h4-26H2,1-3H3/q+1. The van der Waals surface area contributed by atoms with Gasteiger partial charge in [0.05, 0.1) is 26.7 Å². The van der Waals surface area contributed by atoms with Gasteiger partial charge in [0.1, 0.15) is 0 Å². The first-order chi connectivity index (χ1) is 13.7. The zero-order valence-corrected chi connectivity index (χ0v) is 21.2. The van der Waals surface area contributed by atoms with Crippen molar-refractivity contribution in [1.82, 2.24) is 0 Å². The van der Waals surface area contributed by atoms with Gasteiger partial charge in [-0.3, -0.25) is 0 Å². The minimum Gasteiger partial charge on any atom is -0.326 e. The maximum Gasteiger partial charge on any atom is 0.0784 e. The van der Waals surface area contributed by atoms with E-state index in [-0.39, 0.29) is 0 Å². The van der Waals surface area contributed by atoms with E-state index in [0.717, 1.165) is 6.04 Å². The van der Waals surface area contributed by atoms with Gasteiger partial charge in [-0.1, -0.05) is 110 Å². The Morgan fingerprint density at radius 3 is 1.07 bits per heavy atom. The van der Waals surface area contributed by atoms with E-state index in [9.17, 15) is 0 Å². The van der Waals surface area contributed by atoms with Gasteiger partial charge < -0.3 is 4.48 Å². The van der Waals surface area contributed by atoms with Gasteiger partial charge in [0.25, 0.3) is 0 Å². The summed E-state index contributed by atoms with van der Waals surface area (Å²) in [6.07, 6.45) is 27.4. The third kappa shape index (κ3) is 19.5. The van der Waals surface area contributed by atoms with Crippen molar-refractivity contribution < 1.29 is 4.48 Å². The van der Waals surface area contributed by atoms with Crippen LogP contribution in [0.1, 0.15) is 136 Å². The molecule has 1 nitrogen and oxygen atoms in total. The zero-order valence-electron chi connectivity index (χ0n) is 20.2. The topological polar surface area (TPSA) is 0 Å². The Balaban J connectivity index is 3.55. The number of hydrogen-bond acceptors (Lipinski definition) is 0. The molecule has 0 aliphatic carbocycles. The van der Waals surface area contributed by atoms with Crippen molar-refractivity contribution in [1.29, 1.82) is 0 Å². The molecule has 167 valence electrons. The lowest BCUT2D eigenvalue weighted by Gasteiger charge is -2.35. The minimum absolute atomic E-state index is 1.15. The fraction of sp³-hybridized carbons (Fsp3) is 1.00. The molecule has 0 saturated carbocycles. The maximum atomic E-state index is 3.68. The molecule has 0 aromatic heterocycles. The first-order valence-corrected chi connectivity index (χ1v) is 13.9. The average molecular weight is 410 g/mol. The predicted octanol–water partition coefficient (Wildman–Crippen LogP) is 8.47. The van der Waals surface area contributed by atoms with Crippen LogP contribution in [0.3, 0.4) is 0 Å². The number of rotatable bonds is 23. The summed E-state index contributed by atoms with van der Waals surface area (Å²) in [7, 11) is 6.19. The number of quaternary nitrogens is 1. The van der Waals surface area contributed by atoms with Gasteiger partial charge in [0, 0.05) is 10.2 Å². The van der Waals surface area contributed by atoms with Gasteiger partial charge in [0.15, 0.2) is 0 Å². The molecule has 0 aliphatic rings. The van der Waals surface area contributed by atoms with Crippen molar-refractivity contribution >= 4 is 10.2 Å². The number of unbranched alkanes of at least 4 members (excludes halogenated alkanes) is 16. The summed E-state index contributed by atoms with van der Waals surface area (Å²) >= 11 is 0. The number of nitrogens with zero attached hydrogens (tertiary/aromatic N) is 1. The highest BCUT2D eigenvalue weighted by Crippen LogP contribution is 2.15. The minimum atomic E-state index is 1.15. The van der Waals surface area contributed by atoms with E-state index < -0.39 is 0 Å². The molecule has 1 atom stereocenters. The molecular formula is C26H55NSi+. The summed E-state index contributed by atoms with van der Waals surface area (Å²) in [5.41, 5.74) is 0. The molecule has 0 saturated heterocycles. The summed E-state index contributed by atoms with van der Waals surface area (Å²) in [5.74, 6) is 0. The zero-order chi connectivity index (χ0) is 20.8. The van der Waals surface area contributed by atoms with E-state index in [0.29, 0.717) is 0 Å². The largest absolute Gasteiger partial charge is 0.326 e. The second-order valence-corrected chi connectivity index (χ2v) is 10.1. The first-order valence-electron chi connectivity index (χ1n) is 13.2. The van der Waals surface area contributed by atoms with Crippen molar-refractivity contribution in [3.05, 3.63) is 0 Å². The van der Waals surface area contributed by atoms with Crippen molar-refractivity contribution in [2.75, 3.05) is 26.7 Å². The molecule has 0 fully saturated rings. The van der Waals surface area contributed by atoms with Crippen LogP contribution in [-0.2, 0) is 0 Å². The summed E-state index contributed by atoms with van der Waals surface area (Å²) in [5, 5.41) is 0. The molecule has 2 heteroatoms. The Hall–Kier alpha value is 0.177. The Bertz CT molecular complexity index is 294. The molecule has 0 spiro atoms. The Kier molecular flexibility index (Phi) is 22.0. The van der Waals surface area contributed by atoms with Crippen LogP contribution in [0.2, 0.25) is 6.04 Å². The summed E-state index contributed by atoms with van der Waals surface area (Å²) in [6, 6.07) is 1.15. The molecular weight excluding hydrogens is 354 g/mol. The van der Waals surface area contributed by atoms with Crippen molar-refractivity contribution in [2.45, 2.75) is 142 Å². The normalized spacial score (nSPS) is 13.7. The molecule has 0 bridgehead atoms. The van der Waals surface area contributed by atoms with Crippen LogP contribution in [0.4, 0.5) is 0 Å². The van der Waals surface area contributed by atoms with Crippen LogP contribution in [0, 0.1) is 0 Å². The Morgan fingerprint density at radius 1 is 0.429 bits per heavy atom. The Labute approximate surface area is 183 Å².